The zero-order valence-electron chi connectivity index (χ0n) is 8.94. The minimum absolute atomic E-state index is 0.269. The number of alkyl halides is 3. The van der Waals surface area contributed by atoms with E-state index in [1.807, 2.05) is 0 Å². The molecular formula is C11H12F4N2. The molecule has 1 aliphatic heterocycles. The second kappa shape index (κ2) is 4.62. The average molecular weight is 248 g/mol. The molecule has 94 valence electrons. The fourth-order valence-corrected chi connectivity index (χ4v) is 1.86. The molecule has 6 heteroatoms. The molecule has 0 aromatic heterocycles. The Morgan fingerprint density at radius 1 is 1.18 bits per heavy atom. The normalized spacial score (nSPS) is 21.5. The molecule has 0 unspecified atom stereocenters. The van der Waals surface area contributed by atoms with Crippen molar-refractivity contribution in [3.63, 3.8) is 0 Å². The molecule has 0 bridgehead atoms. The number of rotatable bonds is 1. The molecule has 1 aromatic carbocycles. The maximum atomic E-state index is 13.6. The van der Waals surface area contributed by atoms with E-state index in [9.17, 15) is 17.6 Å². The van der Waals surface area contributed by atoms with Gasteiger partial charge < -0.3 is 10.6 Å². The SMILES string of the molecule is Fc1cc(C(F)(F)F)ccc1[C@H]1CNCCN1. The zero-order valence-corrected chi connectivity index (χ0v) is 8.94. The van der Waals surface area contributed by atoms with Gasteiger partial charge in [-0.3, -0.25) is 0 Å². The highest BCUT2D eigenvalue weighted by Gasteiger charge is 2.31. The molecule has 2 N–H and O–H groups in total. The van der Waals surface area contributed by atoms with Gasteiger partial charge in [-0.25, -0.2) is 4.39 Å². The van der Waals surface area contributed by atoms with Crippen LogP contribution >= 0.6 is 0 Å². The van der Waals surface area contributed by atoms with Crippen LogP contribution in [-0.4, -0.2) is 19.6 Å². The van der Waals surface area contributed by atoms with Crippen LogP contribution in [0.3, 0.4) is 0 Å². The van der Waals surface area contributed by atoms with Gasteiger partial charge in [0.1, 0.15) is 5.82 Å². The number of halogens is 4. The van der Waals surface area contributed by atoms with Gasteiger partial charge in [0.25, 0.3) is 0 Å². The van der Waals surface area contributed by atoms with E-state index < -0.39 is 17.6 Å². The first-order valence-electron chi connectivity index (χ1n) is 5.29. The van der Waals surface area contributed by atoms with Crippen LogP contribution in [0.2, 0.25) is 0 Å². The second-order valence-corrected chi connectivity index (χ2v) is 3.94. The Morgan fingerprint density at radius 3 is 2.47 bits per heavy atom. The lowest BCUT2D eigenvalue weighted by molar-refractivity contribution is -0.137. The van der Waals surface area contributed by atoms with Crippen molar-refractivity contribution in [3.05, 3.63) is 35.1 Å². The van der Waals surface area contributed by atoms with Gasteiger partial charge in [-0.15, -0.1) is 0 Å². The molecular weight excluding hydrogens is 236 g/mol. The Labute approximate surface area is 96.0 Å². The molecule has 1 aromatic rings. The van der Waals surface area contributed by atoms with E-state index in [1.54, 1.807) is 0 Å². The number of hydrogen-bond donors (Lipinski definition) is 2. The Morgan fingerprint density at radius 2 is 1.94 bits per heavy atom. The van der Waals surface area contributed by atoms with Crippen molar-refractivity contribution in [2.24, 2.45) is 0 Å². The summed E-state index contributed by atoms with van der Waals surface area (Å²) < 4.78 is 50.6. The molecule has 1 fully saturated rings. The van der Waals surface area contributed by atoms with Gasteiger partial charge >= 0.3 is 6.18 Å². The lowest BCUT2D eigenvalue weighted by atomic mass is 10.0. The summed E-state index contributed by atoms with van der Waals surface area (Å²) in [5.41, 5.74) is -0.687. The van der Waals surface area contributed by atoms with Gasteiger partial charge in [-0.05, 0) is 12.1 Å². The minimum Gasteiger partial charge on any atom is -0.314 e. The summed E-state index contributed by atoms with van der Waals surface area (Å²) in [5.74, 6) is -0.818. The predicted molar refractivity (Wildman–Crippen MR) is 55.0 cm³/mol. The lowest BCUT2D eigenvalue weighted by Gasteiger charge is -2.25. The molecule has 1 saturated heterocycles. The van der Waals surface area contributed by atoms with Gasteiger partial charge in [0.15, 0.2) is 0 Å². The van der Waals surface area contributed by atoms with Crippen LogP contribution in [0.5, 0.6) is 0 Å². The fraction of sp³-hybridized carbons (Fsp3) is 0.455. The number of benzene rings is 1. The highest BCUT2D eigenvalue weighted by atomic mass is 19.4. The minimum atomic E-state index is -4.50. The van der Waals surface area contributed by atoms with Crippen LogP contribution in [-0.2, 0) is 6.18 Å². The van der Waals surface area contributed by atoms with Gasteiger partial charge in [0.2, 0.25) is 0 Å². The van der Waals surface area contributed by atoms with Crippen molar-refractivity contribution in [1.82, 2.24) is 10.6 Å². The van der Waals surface area contributed by atoms with Gasteiger partial charge in [0.05, 0.1) is 5.56 Å². The molecule has 2 nitrogen and oxygen atoms in total. The van der Waals surface area contributed by atoms with E-state index in [1.165, 1.54) is 6.07 Å². The number of nitrogens with one attached hydrogen (secondary N) is 2. The predicted octanol–water partition coefficient (Wildman–Crippen LogP) is 2.08. The molecule has 0 spiro atoms. The van der Waals surface area contributed by atoms with E-state index in [2.05, 4.69) is 10.6 Å². The smallest absolute Gasteiger partial charge is 0.314 e. The third-order valence-electron chi connectivity index (χ3n) is 2.74. The molecule has 0 radical (unpaired) electrons. The Balaban J connectivity index is 2.25. The van der Waals surface area contributed by atoms with Crippen molar-refractivity contribution in [2.75, 3.05) is 19.6 Å². The second-order valence-electron chi connectivity index (χ2n) is 3.94. The van der Waals surface area contributed by atoms with Gasteiger partial charge in [0, 0.05) is 31.2 Å². The Bertz CT molecular complexity index is 397. The van der Waals surface area contributed by atoms with Crippen molar-refractivity contribution >= 4 is 0 Å². The first kappa shape index (κ1) is 12.3. The summed E-state index contributed by atoms with van der Waals surface area (Å²) in [4.78, 5) is 0. The van der Waals surface area contributed by atoms with Gasteiger partial charge in [-0.1, -0.05) is 6.07 Å². The molecule has 0 aliphatic carbocycles. The summed E-state index contributed by atoms with van der Waals surface area (Å²) in [7, 11) is 0. The van der Waals surface area contributed by atoms with Crippen LogP contribution in [0, 0.1) is 5.82 Å². The third kappa shape index (κ3) is 2.76. The highest BCUT2D eigenvalue weighted by Crippen LogP contribution is 2.31. The average Bonchev–Trinajstić information content (AvgIpc) is 2.29. The largest absolute Gasteiger partial charge is 0.416 e. The first-order valence-corrected chi connectivity index (χ1v) is 5.29. The van der Waals surface area contributed by atoms with Crippen LogP contribution < -0.4 is 10.6 Å². The van der Waals surface area contributed by atoms with Crippen LogP contribution in [0.15, 0.2) is 18.2 Å². The molecule has 0 amide bonds. The lowest BCUT2D eigenvalue weighted by Crippen LogP contribution is -2.43. The summed E-state index contributed by atoms with van der Waals surface area (Å²) in [6.07, 6.45) is -4.50. The molecule has 0 saturated carbocycles. The van der Waals surface area contributed by atoms with Crippen molar-refractivity contribution in [1.29, 1.82) is 0 Å². The molecule has 1 aliphatic rings. The maximum absolute atomic E-state index is 13.6. The topological polar surface area (TPSA) is 24.1 Å². The van der Waals surface area contributed by atoms with E-state index in [0.717, 1.165) is 12.6 Å². The first-order chi connectivity index (χ1) is 7.98. The number of piperazine rings is 1. The van der Waals surface area contributed by atoms with E-state index >= 15 is 0 Å². The van der Waals surface area contributed by atoms with E-state index in [0.29, 0.717) is 19.2 Å². The Kier molecular flexibility index (Phi) is 3.35. The van der Waals surface area contributed by atoms with Gasteiger partial charge in [-0.2, -0.15) is 13.2 Å². The highest BCUT2D eigenvalue weighted by molar-refractivity contribution is 5.29. The summed E-state index contributed by atoms with van der Waals surface area (Å²) in [6, 6.07) is 2.38. The van der Waals surface area contributed by atoms with Crippen LogP contribution in [0.25, 0.3) is 0 Å². The van der Waals surface area contributed by atoms with Crippen LogP contribution in [0.4, 0.5) is 17.6 Å². The fourth-order valence-electron chi connectivity index (χ4n) is 1.86. The summed E-state index contributed by atoms with van der Waals surface area (Å²) in [6.45, 7) is 1.96. The molecule has 17 heavy (non-hydrogen) atoms. The van der Waals surface area contributed by atoms with Crippen LogP contribution in [0.1, 0.15) is 17.2 Å². The van der Waals surface area contributed by atoms with E-state index in [4.69, 9.17) is 0 Å². The zero-order chi connectivity index (χ0) is 12.5. The third-order valence-corrected chi connectivity index (χ3v) is 2.74. The number of hydrogen-bond acceptors (Lipinski definition) is 2. The standard InChI is InChI=1S/C11H12F4N2/c12-9-5-7(11(13,14)15)1-2-8(9)10-6-16-3-4-17-10/h1-2,5,10,16-17H,3-4,6H2/t10-/m1/s1. The van der Waals surface area contributed by atoms with E-state index in [-0.39, 0.29) is 11.6 Å². The van der Waals surface area contributed by atoms with Crippen molar-refractivity contribution < 1.29 is 17.6 Å². The molecule has 2 rings (SSSR count). The summed E-state index contributed by atoms with van der Waals surface area (Å²) >= 11 is 0. The maximum Gasteiger partial charge on any atom is 0.416 e. The van der Waals surface area contributed by atoms with Crippen molar-refractivity contribution in [2.45, 2.75) is 12.2 Å². The Hall–Kier alpha value is -1.14. The quantitative estimate of drug-likeness (QED) is 0.743. The van der Waals surface area contributed by atoms with Crippen molar-refractivity contribution in [3.8, 4) is 0 Å². The molecule has 1 heterocycles. The monoisotopic (exact) mass is 248 g/mol. The summed E-state index contributed by atoms with van der Waals surface area (Å²) in [5, 5.41) is 6.10. The molecule has 1 atom stereocenters.